The minimum Gasteiger partial charge on any atom is -0.0991 e. The molecule has 15 heavy (non-hydrogen) atoms. The van der Waals surface area contributed by atoms with Crippen molar-refractivity contribution in [3.63, 3.8) is 0 Å². The molecular formula is C15H32. The summed E-state index contributed by atoms with van der Waals surface area (Å²) in [5.41, 5.74) is 2.79. The van der Waals surface area contributed by atoms with E-state index in [1.807, 2.05) is 19.9 Å². The van der Waals surface area contributed by atoms with Crippen LogP contribution in [0.2, 0.25) is 0 Å². The van der Waals surface area contributed by atoms with E-state index in [-0.39, 0.29) is 14.9 Å². The molecule has 0 heterocycles. The van der Waals surface area contributed by atoms with E-state index in [0.717, 1.165) is 0 Å². The zero-order valence-electron chi connectivity index (χ0n) is 10.0. The summed E-state index contributed by atoms with van der Waals surface area (Å²) in [7, 11) is 0. The Hall–Kier alpha value is -0.780. The lowest BCUT2D eigenvalue weighted by atomic mass is 10.00. The summed E-state index contributed by atoms with van der Waals surface area (Å²) in [6, 6.07) is 0. The molecule has 0 saturated carbocycles. The van der Waals surface area contributed by atoms with E-state index >= 15 is 0 Å². The molecular weight excluding hydrogens is 180 g/mol. The standard InChI is InChI=1S/C11H18.C2H6.2CH4/c1-6-7-8-10(4)11(5)9(2)3;1-2;;/h6-9H,1H2,2-5H3;1-2H3;2*1H4/b8-7-,11-10+;;;. The van der Waals surface area contributed by atoms with Gasteiger partial charge in [0.15, 0.2) is 0 Å². The van der Waals surface area contributed by atoms with Gasteiger partial charge < -0.3 is 0 Å². The summed E-state index contributed by atoms with van der Waals surface area (Å²) in [4.78, 5) is 0. The highest BCUT2D eigenvalue weighted by atomic mass is 14.0. The van der Waals surface area contributed by atoms with Crippen molar-refractivity contribution in [3.05, 3.63) is 36.0 Å². The van der Waals surface area contributed by atoms with Crippen LogP contribution in [0.4, 0.5) is 0 Å². The lowest BCUT2D eigenvalue weighted by Gasteiger charge is -2.06. The topological polar surface area (TPSA) is 0 Å². The second kappa shape index (κ2) is 15.7. The molecule has 0 amide bonds. The SMILES string of the molecule is C.C.C=C/C=C\C(C)=C(/C)C(C)C.CC. The molecule has 0 rings (SSSR count). The fourth-order valence-corrected chi connectivity index (χ4v) is 0.799. The predicted octanol–water partition coefficient (Wildman–Crippen LogP) is 6.02. The highest BCUT2D eigenvalue weighted by molar-refractivity contribution is 5.25. The first-order valence-corrected chi connectivity index (χ1v) is 5.06. The Labute approximate surface area is 98.8 Å². The van der Waals surface area contributed by atoms with E-state index in [4.69, 9.17) is 0 Å². The van der Waals surface area contributed by atoms with Crippen LogP contribution < -0.4 is 0 Å². The van der Waals surface area contributed by atoms with Crippen LogP contribution in [0, 0.1) is 5.92 Å². The normalized spacial score (nSPS) is 10.6. The Morgan fingerprint density at radius 2 is 1.47 bits per heavy atom. The molecule has 0 aliphatic carbocycles. The van der Waals surface area contributed by atoms with Gasteiger partial charge in [-0.25, -0.2) is 0 Å². The number of rotatable bonds is 3. The quantitative estimate of drug-likeness (QED) is 0.502. The smallest absolute Gasteiger partial charge is 0.0257 e. The average Bonchev–Trinajstić information content (AvgIpc) is 2.16. The predicted molar refractivity (Wildman–Crippen MR) is 77.4 cm³/mol. The first-order valence-electron chi connectivity index (χ1n) is 5.06. The molecule has 0 bridgehead atoms. The maximum atomic E-state index is 3.63. The summed E-state index contributed by atoms with van der Waals surface area (Å²) in [5.74, 6) is 0.643. The third-order valence-corrected chi connectivity index (χ3v) is 1.97. The molecule has 0 aromatic carbocycles. The molecule has 0 aliphatic rings. The summed E-state index contributed by atoms with van der Waals surface area (Å²) in [6.45, 7) is 16.4. The van der Waals surface area contributed by atoms with Gasteiger partial charge in [0.25, 0.3) is 0 Å². The van der Waals surface area contributed by atoms with E-state index in [1.165, 1.54) is 11.1 Å². The minimum absolute atomic E-state index is 0. The van der Waals surface area contributed by atoms with Crippen LogP contribution in [0.5, 0.6) is 0 Å². The molecule has 0 fully saturated rings. The third-order valence-electron chi connectivity index (χ3n) is 1.97. The molecule has 0 unspecified atom stereocenters. The number of allylic oxidation sites excluding steroid dienone is 5. The van der Waals surface area contributed by atoms with Crippen LogP contribution in [0.15, 0.2) is 36.0 Å². The fourth-order valence-electron chi connectivity index (χ4n) is 0.799. The highest BCUT2D eigenvalue weighted by Crippen LogP contribution is 2.14. The maximum absolute atomic E-state index is 3.63. The molecule has 92 valence electrons. The van der Waals surface area contributed by atoms with Crippen molar-refractivity contribution in [2.45, 2.75) is 56.4 Å². The molecule has 0 radical (unpaired) electrons. The molecule has 0 saturated heterocycles. The Bertz CT molecular complexity index is 180. The largest absolute Gasteiger partial charge is 0.0991 e. The van der Waals surface area contributed by atoms with Gasteiger partial charge in [0.2, 0.25) is 0 Å². The first kappa shape index (κ1) is 23.8. The van der Waals surface area contributed by atoms with E-state index in [1.54, 1.807) is 6.08 Å². The van der Waals surface area contributed by atoms with Crippen molar-refractivity contribution in [3.8, 4) is 0 Å². The molecule has 0 spiro atoms. The van der Waals surface area contributed by atoms with Crippen LogP contribution in [0.25, 0.3) is 0 Å². The molecule has 0 aliphatic heterocycles. The summed E-state index contributed by atoms with van der Waals surface area (Å²) >= 11 is 0. The maximum Gasteiger partial charge on any atom is -0.0257 e. The number of hydrogen-bond acceptors (Lipinski definition) is 0. The third kappa shape index (κ3) is 13.2. The lowest BCUT2D eigenvalue weighted by Crippen LogP contribution is -1.91. The van der Waals surface area contributed by atoms with Crippen LogP contribution in [0.1, 0.15) is 56.4 Å². The van der Waals surface area contributed by atoms with E-state index < -0.39 is 0 Å². The van der Waals surface area contributed by atoms with E-state index in [2.05, 4.69) is 40.3 Å². The van der Waals surface area contributed by atoms with Gasteiger partial charge in [0.05, 0.1) is 0 Å². The van der Waals surface area contributed by atoms with Crippen LogP contribution >= 0.6 is 0 Å². The van der Waals surface area contributed by atoms with Gasteiger partial charge in [0.1, 0.15) is 0 Å². The highest BCUT2D eigenvalue weighted by Gasteiger charge is 1.97. The molecule has 0 aromatic heterocycles. The fraction of sp³-hybridized carbons (Fsp3) is 0.600. The Kier molecular flexibility index (Phi) is 24.9. The van der Waals surface area contributed by atoms with Crippen molar-refractivity contribution in [1.29, 1.82) is 0 Å². The average molecular weight is 212 g/mol. The Morgan fingerprint density at radius 3 is 1.73 bits per heavy atom. The summed E-state index contributed by atoms with van der Waals surface area (Å²) in [6.07, 6.45) is 5.88. The first-order chi connectivity index (χ1) is 6.09. The van der Waals surface area contributed by atoms with Crippen molar-refractivity contribution in [2.24, 2.45) is 5.92 Å². The molecule has 0 aromatic rings. The molecule has 0 nitrogen and oxygen atoms in total. The van der Waals surface area contributed by atoms with Gasteiger partial charge in [-0.3, -0.25) is 0 Å². The second-order valence-electron chi connectivity index (χ2n) is 3.12. The molecule has 0 atom stereocenters. The van der Waals surface area contributed by atoms with Crippen molar-refractivity contribution < 1.29 is 0 Å². The second-order valence-corrected chi connectivity index (χ2v) is 3.12. The zero-order chi connectivity index (χ0) is 10.9. The van der Waals surface area contributed by atoms with Crippen molar-refractivity contribution in [2.75, 3.05) is 0 Å². The number of hydrogen-bond donors (Lipinski definition) is 0. The zero-order valence-corrected chi connectivity index (χ0v) is 10.0. The molecule has 0 N–H and O–H groups in total. The van der Waals surface area contributed by atoms with Crippen LogP contribution in [-0.2, 0) is 0 Å². The van der Waals surface area contributed by atoms with Gasteiger partial charge in [-0.15, -0.1) is 0 Å². The van der Waals surface area contributed by atoms with Gasteiger partial charge >= 0.3 is 0 Å². The summed E-state index contributed by atoms with van der Waals surface area (Å²) in [5, 5.41) is 0. The lowest BCUT2D eigenvalue weighted by molar-refractivity contribution is 0.760. The van der Waals surface area contributed by atoms with Crippen LogP contribution in [-0.4, -0.2) is 0 Å². The molecule has 0 heteroatoms. The summed E-state index contributed by atoms with van der Waals surface area (Å²) < 4.78 is 0. The van der Waals surface area contributed by atoms with E-state index in [0.29, 0.717) is 5.92 Å². The van der Waals surface area contributed by atoms with E-state index in [9.17, 15) is 0 Å². The Morgan fingerprint density at radius 1 is 1.07 bits per heavy atom. The van der Waals surface area contributed by atoms with Gasteiger partial charge in [-0.05, 0) is 19.8 Å². The van der Waals surface area contributed by atoms with Gasteiger partial charge in [-0.1, -0.05) is 78.5 Å². The van der Waals surface area contributed by atoms with Gasteiger partial charge in [0, 0.05) is 0 Å². The van der Waals surface area contributed by atoms with Crippen LogP contribution in [0.3, 0.4) is 0 Å². The van der Waals surface area contributed by atoms with Crippen molar-refractivity contribution in [1.82, 2.24) is 0 Å². The minimum atomic E-state index is 0. The Balaban J connectivity index is -0.000000142. The van der Waals surface area contributed by atoms with Gasteiger partial charge in [-0.2, -0.15) is 0 Å². The monoisotopic (exact) mass is 212 g/mol. The van der Waals surface area contributed by atoms with Crippen molar-refractivity contribution >= 4 is 0 Å².